The van der Waals surface area contributed by atoms with Gasteiger partial charge in [-0.05, 0) is 44.0 Å². The number of sulfone groups is 1. The SMILES string of the molecule is CCN(C(=O)c1cccc(OCc2cccc(C)c2)c1)[C@@H]1CCS(=O)(=O)C1. The van der Waals surface area contributed by atoms with E-state index in [-0.39, 0.29) is 23.5 Å². The molecule has 5 nitrogen and oxygen atoms in total. The first-order valence-corrected chi connectivity index (χ1v) is 11.0. The molecule has 6 heteroatoms. The van der Waals surface area contributed by atoms with Gasteiger partial charge in [-0.15, -0.1) is 0 Å². The number of nitrogens with zero attached hydrogens (tertiary/aromatic N) is 1. The third-order valence-corrected chi connectivity index (χ3v) is 6.57. The first-order valence-electron chi connectivity index (χ1n) is 9.18. The highest BCUT2D eigenvalue weighted by Crippen LogP contribution is 2.22. The fraction of sp³-hybridized carbons (Fsp3) is 0.381. The summed E-state index contributed by atoms with van der Waals surface area (Å²) in [5.41, 5.74) is 2.76. The van der Waals surface area contributed by atoms with Gasteiger partial charge in [0.2, 0.25) is 0 Å². The summed E-state index contributed by atoms with van der Waals surface area (Å²) in [4.78, 5) is 14.6. The summed E-state index contributed by atoms with van der Waals surface area (Å²) in [5.74, 6) is 0.676. The van der Waals surface area contributed by atoms with Crippen molar-refractivity contribution in [3.63, 3.8) is 0 Å². The fourth-order valence-electron chi connectivity index (χ4n) is 3.44. The monoisotopic (exact) mass is 387 g/mol. The summed E-state index contributed by atoms with van der Waals surface area (Å²) in [5, 5.41) is 0. The predicted octanol–water partition coefficient (Wildman–Crippen LogP) is 3.22. The van der Waals surface area contributed by atoms with E-state index < -0.39 is 9.84 Å². The van der Waals surface area contributed by atoms with E-state index >= 15 is 0 Å². The van der Waals surface area contributed by atoms with Crippen LogP contribution in [0.3, 0.4) is 0 Å². The summed E-state index contributed by atoms with van der Waals surface area (Å²) in [7, 11) is -3.04. The van der Waals surface area contributed by atoms with E-state index in [0.29, 0.717) is 30.9 Å². The quantitative estimate of drug-likeness (QED) is 0.763. The lowest BCUT2D eigenvalue weighted by molar-refractivity contribution is 0.0708. The maximum absolute atomic E-state index is 12.9. The fourth-order valence-corrected chi connectivity index (χ4v) is 5.17. The highest BCUT2D eigenvalue weighted by molar-refractivity contribution is 7.91. The Morgan fingerprint density at radius 1 is 1.19 bits per heavy atom. The van der Waals surface area contributed by atoms with E-state index in [1.165, 1.54) is 5.56 Å². The zero-order valence-electron chi connectivity index (χ0n) is 15.7. The second-order valence-electron chi connectivity index (χ2n) is 6.95. The lowest BCUT2D eigenvalue weighted by Crippen LogP contribution is -2.40. The molecule has 2 aromatic rings. The number of aryl methyl sites for hydroxylation is 1. The van der Waals surface area contributed by atoms with Crippen molar-refractivity contribution >= 4 is 15.7 Å². The Kier molecular flexibility index (Phi) is 5.85. The Hall–Kier alpha value is -2.34. The van der Waals surface area contributed by atoms with E-state index in [1.54, 1.807) is 23.1 Å². The van der Waals surface area contributed by atoms with Gasteiger partial charge in [-0.3, -0.25) is 4.79 Å². The summed E-state index contributed by atoms with van der Waals surface area (Å²) >= 11 is 0. The lowest BCUT2D eigenvalue weighted by Gasteiger charge is -2.27. The molecule has 2 aromatic carbocycles. The number of ether oxygens (including phenoxy) is 1. The van der Waals surface area contributed by atoms with Crippen molar-refractivity contribution in [2.24, 2.45) is 0 Å². The zero-order chi connectivity index (χ0) is 19.4. The molecule has 0 unspecified atom stereocenters. The van der Waals surface area contributed by atoms with Crippen molar-refractivity contribution in [3.05, 3.63) is 65.2 Å². The van der Waals surface area contributed by atoms with Crippen molar-refractivity contribution < 1.29 is 17.9 Å². The van der Waals surface area contributed by atoms with Gasteiger partial charge in [0.1, 0.15) is 12.4 Å². The first-order chi connectivity index (χ1) is 12.9. The third kappa shape index (κ3) is 4.89. The predicted molar refractivity (Wildman–Crippen MR) is 106 cm³/mol. The minimum atomic E-state index is -3.04. The van der Waals surface area contributed by atoms with Crippen LogP contribution in [0.4, 0.5) is 0 Å². The maximum Gasteiger partial charge on any atom is 0.254 e. The zero-order valence-corrected chi connectivity index (χ0v) is 16.5. The molecule has 27 heavy (non-hydrogen) atoms. The number of carbonyl (C=O) groups excluding carboxylic acids is 1. The van der Waals surface area contributed by atoms with Crippen molar-refractivity contribution in [2.75, 3.05) is 18.1 Å². The van der Waals surface area contributed by atoms with Crippen LogP contribution in [-0.4, -0.2) is 43.3 Å². The van der Waals surface area contributed by atoms with Crippen LogP contribution in [0.5, 0.6) is 5.75 Å². The number of benzene rings is 2. The standard InChI is InChI=1S/C21H25NO4S/c1-3-22(19-10-11-27(24,25)15-19)21(23)18-8-5-9-20(13-18)26-14-17-7-4-6-16(2)12-17/h4-9,12-13,19H,3,10-11,14-15H2,1-2H3/t19-/m1/s1. The van der Waals surface area contributed by atoms with Crippen LogP contribution in [0.25, 0.3) is 0 Å². The molecular weight excluding hydrogens is 362 g/mol. The average Bonchev–Trinajstić information content (AvgIpc) is 3.00. The van der Waals surface area contributed by atoms with Crippen molar-refractivity contribution in [2.45, 2.75) is 32.9 Å². The molecule has 0 saturated carbocycles. The third-order valence-electron chi connectivity index (χ3n) is 4.82. The van der Waals surface area contributed by atoms with Gasteiger partial charge in [-0.2, -0.15) is 0 Å². The Bertz CT molecular complexity index is 923. The number of rotatable bonds is 6. The van der Waals surface area contributed by atoms with Crippen LogP contribution in [-0.2, 0) is 16.4 Å². The molecule has 1 heterocycles. The Labute approximate surface area is 160 Å². The molecule has 0 bridgehead atoms. The van der Waals surface area contributed by atoms with Gasteiger partial charge < -0.3 is 9.64 Å². The summed E-state index contributed by atoms with van der Waals surface area (Å²) in [6.45, 7) is 4.82. The molecule has 1 fully saturated rings. The van der Waals surface area contributed by atoms with Gasteiger partial charge in [0, 0.05) is 18.2 Å². The molecule has 0 aliphatic carbocycles. The Balaban J connectivity index is 1.71. The molecule has 1 aliphatic heterocycles. The van der Waals surface area contributed by atoms with E-state index in [0.717, 1.165) is 5.56 Å². The van der Waals surface area contributed by atoms with Crippen molar-refractivity contribution in [3.8, 4) is 5.75 Å². The first kappa shape index (κ1) is 19.4. The number of hydrogen-bond donors (Lipinski definition) is 0. The minimum Gasteiger partial charge on any atom is -0.489 e. The van der Waals surface area contributed by atoms with Crippen molar-refractivity contribution in [1.29, 1.82) is 0 Å². The van der Waals surface area contributed by atoms with E-state index in [2.05, 4.69) is 6.07 Å². The second-order valence-corrected chi connectivity index (χ2v) is 9.18. The second kappa shape index (κ2) is 8.13. The molecule has 1 amide bonds. The van der Waals surface area contributed by atoms with Crippen LogP contribution in [0, 0.1) is 6.92 Å². The van der Waals surface area contributed by atoms with Gasteiger partial charge in [-0.1, -0.05) is 35.9 Å². The average molecular weight is 388 g/mol. The highest BCUT2D eigenvalue weighted by atomic mass is 32.2. The smallest absolute Gasteiger partial charge is 0.254 e. The molecule has 0 radical (unpaired) electrons. The molecule has 3 rings (SSSR count). The maximum atomic E-state index is 12.9. The molecule has 1 saturated heterocycles. The highest BCUT2D eigenvalue weighted by Gasteiger charge is 2.34. The molecule has 1 aliphatic rings. The lowest BCUT2D eigenvalue weighted by atomic mass is 10.1. The molecule has 1 atom stereocenters. The van der Waals surface area contributed by atoms with Crippen molar-refractivity contribution in [1.82, 2.24) is 4.90 Å². The van der Waals surface area contributed by atoms with Crippen LogP contribution in [0.1, 0.15) is 34.8 Å². The largest absolute Gasteiger partial charge is 0.489 e. The molecule has 0 spiro atoms. The molecule has 144 valence electrons. The number of hydrogen-bond acceptors (Lipinski definition) is 4. The van der Waals surface area contributed by atoms with E-state index in [4.69, 9.17) is 4.74 Å². The van der Waals surface area contributed by atoms with Crippen LogP contribution in [0.2, 0.25) is 0 Å². The molecular formula is C21H25NO4S. The normalized spacial score (nSPS) is 18.2. The van der Waals surface area contributed by atoms with Gasteiger partial charge in [-0.25, -0.2) is 8.42 Å². The van der Waals surface area contributed by atoms with Gasteiger partial charge in [0.25, 0.3) is 5.91 Å². The van der Waals surface area contributed by atoms with E-state index in [9.17, 15) is 13.2 Å². The van der Waals surface area contributed by atoms with Crippen LogP contribution in [0.15, 0.2) is 48.5 Å². The van der Waals surface area contributed by atoms with Gasteiger partial charge in [0.05, 0.1) is 11.5 Å². The molecule has 0 N–H and O–H groups in total. The van der Waals surface area contributed by atoms with Crippen LogP contribution < -0.4 is 4.74 Å². The topological polar surface area (TPSA) is 63.7 Å². The summed E-state index contributed by atoms with van der Waals surface area (Å²) < 4.78 is 29.4. The number of carbonyl (C=O) groups is 1. The Morgan fingerprint density at radius 3 is 2.63 bits per heavy atom. The van der Waals surface area contributed by atoms with Gasteiger partial charge >= 0.3 is 0 Å². The number of amides is 1. The summed E-state index contributed by atoms with van der Waals surface area (Å²) in [6, 6.07) is 14.9. The van der Waals surface area contributed by atoms with E-state index in [1.807, 2.05) is 38.1 Å². The summed E-state index contributed by atoms with van der Waals surface area (Å²) in [6.07, 6.45) is 0.505. The Morgan fingerprint density at radius 2 is 1.96 bits per heavy atom. The molecule has 0 aromatic heterocycles. The van der Waals surface area contributed by atoms with Crippen LogP contribution >= 0.6 is 0 Å². The van der Waals surface area contributed by atoms with Gasteiger partial charge in [0.15, 0.2) is 9.84 Å². The minimum absolute atomic E-state index is 0.0517.